The summed E-state index contributed by atoms with van der Waals surface area (Å²) in [6.45, 7) is 0. The molecule has 0 unspecified atom stereocenters. The minimum atomic E-state index is 0. The molecule has 18 aromatic rings. The third kappa shape index (κ3) is 107. The van der Waals surface area contributed by atoms with E-state index in [1.54, 1.807) is 0 Å². The summed E-state index contributed by atoms with van der Waals surface area (Å²) in [7, 11) is 0. The molecule has 0 aromatic heterocycles. The van der Waals surface area contributed by atoms with E-state index >= 15 is 0 Å². The maximum Gasteiger partial charge on any atom is 0 e. The van der Waals surface area contributed by atoms with Crippen LogP contribution in [0.2, 0.25) is 0 Å². The summed E-state index contributed by atoms with van der Waals surface area (Å²) in [5.41, 5.74) is 0. The van der Waals surface area contributed by atoms with Crippen molar-refractivity contribution in [3.05, 3.63) is 546 Å². The quantitative estimate of drug-likeness (QED) is 0.104. The van der Waals surface area contributed by atoms with Crippen molar-refractivity contribution in [3.8, 4) is 0 Å². The van der Waals surface area contributed by atoms with E-state index < -0.39 is 0 Å². The summed E-state index contributed by atoms with van der Waals surface area (Å²) >= 11 is 86.6. The van der Waals surface area contributed by atoms with Gasteiger partial charge >= 0.3 is 0 Å². The zero-order valence-corrected chi connectivity index (χ0v) is 94.7. The third-order valence-corrected chi connectivity index (χ3v) is 18.3. The summed E-state index contributed by atoms with van der Waals surface area (Å²) in [6.07, 6.45) is 0. The van der Waals surface area contributed by atoms with Crippen molar-refractivity contribution >= 4 is 227 Å². The molecule has 0 saturated heterocycles. The monoisotopic (exact) mass is 2480 g/mol. The second-order valence-electron chi connectivity index (χ2n) is 23.6. The molecule has 738 valence electrons. The molecule has 0 atom stereocenters. The molecule has 0 radical (unpaired) electrons. The first-order chi connectivity index (χ1) is 61.1. The molecule has 27 heteroatoms. The smallest absolute Gasteiger partial charge is 0 e. The SMILES string of the molecule is [Ni].[Ni].[Ni].[Ni].[Ni].[Ni].[Ni].[Ni].[Ni].[S-]c1ccccc1.[S-]c1ccccc1.[S-]c1ccccc1.[S-]c1ccccc1.[S-]c1ccccc1.[S-]c1ccccc1.[S-]c1ccccc1.[S-]c1ccccc1.[S-]c1ccccc1.[S-]c1ccccc1.[S-]c1ccccc1.[S-]c1ccccc1.[S-]c1ccccc1.[S-]c1ccccc1.[S-]c1ccccc1.[S-]c1ccccc1.[S-]c1ccccc1.[S-]c1ccccc1. The molecular formula is C108H90Ni9S18-18. The van der Waals surface area contributed by atoms with Gasteiger partial charge in [0.15, 0.2) is 0 Å². The Morgan fingerprint density at radius 2 is 0.0889 bits per heavy atom. The van der Waals surface area contributed by atoms with E-state index in [-0.39, 0.29) is 148 Å². The van der Waals surface area contributed by atoms with Gasteiger partial charge in [0.1, 0.15) is 0 Å². The molecule has 0 fully saturated rings. The topological polar surface area (TPSA) is 0 Å². The molecule has 0 N–H and O–H groups in total. The Kier molecular flexibility index (Phi) is 119. The van der Waals surface area contributed by atoms with Crippen LogP contribution in [0.25, 0.3) is 0 Å². The van der Waals surface area contributed by atoms with E-state index in [0.29, 0.717) is 0 Å². The van der Waals surface area contributed by atoms with Gasteiger partial charge in [0.05, 0.1) is 0 Å². The summed E-state index contributed by atoms with van der Waals surface area (Å²) < 4.78 is 0. The van der Waals surface area contributed by atoms with Crippen LogP contribution in [-0.4, -0.2) is 0 Å². The fourth-order valence-corrected chi connectivity index (χ4v) is 10.4. The van der Waals surface area contributed by atoms with Crippen LogP contribution in [0.3, 0.4) is 0 Å². The third-order valence-electron chi connectivity index (χ3n) is 13.4. The standard InChI is InChI=1S/18C6H6S.9Ni/c18*7-6-4-2-1-3-5-6;;;;;;;;;/h18*1-5,7H;;;;;;;;;/p-18. The van der Waals surface area contributed by atoms with Crippen LogP contribution in [0.5, 0.6) is 0 Å². The first-order valence-corrected chi connectivity index (χ1v) is 45.4. The molecule has 135 heavy (non-hydrogen) atoms. The first-order valence-electron chi connectivity index (χ1n) is 38.1. The largest absolute Gasteiger partial charge is 0.780 e. The summed E-state index contributed by atoms with van der Waals surface area (Å²) in [4.78, 5) is 16.3. The van der Waals surface area contributed by atoms with Crippen LogP contribution < -0.4 is 0 Å². The summed E-state index contributed by atoms with van der Waals surface area (Å²) in [6, 6.07) is 173. The Bertz CT molecular complexity index is 3870. The molecule has 0 aliphatic heterocycles. The van der Waals surface area contributed by atoms with Crippen molar-refractivity contribution in [2.24, 2.45) is 0 Å². The molecule has 0 bridgehead atoms. The van der Waals surface area contributed by atoms with Gasteiger partial charge < -0.3 is 227 Å². The number of hydrogen-bond donors (Lipinski definition) is 0. The zero-order chi connectivity index (χ0) is 92.0. The van der Waals surface area contributed by atoms with Gasteiger partial charge in [-0.1, -0.05) is 546 Å². The van der Waals surface area contributed by atoms with Gasteiger partial charge in [0.2, 0.25) is 0 Å². The molecule has 0 saturated carbocycles. The van der Waals surface area contributed by atoms with Gasteiger partial charge in [-0.15, -0.1) is 0 Å². The minimum Gasteiger partial charge on any atom is -0.780 e. The predicted molar refractivity (Wildman–Crippen MR) is 577 cm³/mol. The summed E-state index contributed by atoms with van der Waals surface area (Å²) in [5.74, 6) is 0. The number of hydrogen-bond acceptors (Lipinski definition) is 18. The van der Waals surface area contributed by atoms with Crippen molar-refractivity contribution in [1.29, 1.82) is 0 Å². The van der Waals surface area contributed by atoms with Crippen LogP contribution in [0, 0.1) is 0 Å². The Labute approximate surface area is 996 Å². The van der Waals surface area contributed by atoms with Gasteiger partial charge in [-0.2, -0.15) is 88.1 Å². The van der Waals surface area contributed by atoms with Gasteiger partial charge in [-0.05, 0) is 0 Å². The number of benzene rings is 18. The molecular weight excluding hydrogens is 2400 g/mol. The fraction of sp³-hybridized carbons (Fsp3) is 0. The van der Waals surface area contributed by atoms with Crippen molar-refractivity contribution in [2.75, 3.05) is 0 Å². The number of rotatable bonds is 0. The van der Waals surface area contributed by atoms with E-state index in [0.717, 1.165) is 88.1 Å². The van der Waals surface area contributed by atoms with E-state index in [1.165, 1.54) is 0 Å². The summed E-state index contributed by atoms with van der Waals surface area (Å²) in [5, 5.41) is 0. The maximum atomic E-state index is 4.81. The minimum absolute atomic E-state index is 0. The van der Waals surface area contributed by atoms with Gasteiger partial charge in [-0.3, -0.25) is 0 Å². The second-order valence-corrected chi connectivity index (χ2v) is 32.1. The Morgan fingerprint density at radius 3 is 0.104 bits per heavy atom. The Morgan fingerprint density at radius 1 is 0.0593 bits per heavy atom. The molecule has 18 aromatic carbocycles. The second kappa shape index (κ2) is 109. The molecule has 0 amide bonds. The predicted octanol–water partition coefficient (Wildman–Crippen LogP) is 28.6. The van der Waals surface area contributed by atoms with E-state index in [9.17, 15) is 0 Å². The maximum absolute atomic E-state index is 4.81. The van der Waals surface area contributed by atoms with Crippen LogP contribution in [-0.2, 0) is 376 Å². The van der Waals surface area contributed by atoms with E-state index in [1.807, 2.05) is 546 Å². The zero-order valence-electron chi connectivity index (χ0n) is 71.2. The molecule has 0 aliphatic carbocycles. The van der Waals surface area contributed by atoms with Crippen molar-refractivity contribution in [2.45, 2.75) is 88.1 Å². The van der Waals surface area contributed by atoms with E-state index in [2.05, 4.69) is 0 Å². The van der Waals surface area contributed by atoms with E-state index in [4.69, 9.17) is 227 Å². The van der Waals surface area contributed by atoms with Gasteiger partial charge in [0, 0.05) is 148 Å². The van der Waals surface area contributed by atoms with Crippen LogP contribution in [0.4, 0.5) is 0 Å². The van der Waals surface area contributed by atoms with Crippen molar-refractivity contribution < 1.29 is 148 Å². The van der Waals surface area contributed by atoms with Crippen LogP contribution in [0.15, 0.2) is 634 Å². The van der Waals surface area contributed by atoms with Crippen molar-refractivity contribution in [3.63, 3.8) is 0 Å². The average molecular weight is 2490 g/mol. The Balaban J connectivity index is -0.000000177. The molecule has 18 rings (SSSR count). The van der Waals surface area contributed by atoms with Crippen molar-refractivity contribution in [1.82, 2.24) is 0 Å². The molecule has 0 nitrogen and oxygen atoms in total. The normalized spacial score (nSPS) is 8.00. The Hall–Kier alpha value is -5.64. The fourth-order valence-electron chi connectivity index (χ4n) is 7.57. The molecule has 0 aliphatic rings. The average Bonchev–Trinajstić information content (AvgIpc) is 1.30. The first kappa shape index (κ1) is 147. The van der Waals surface area contributed by atoms with Crippen LogP contribution in [0.1, 0.15) is 0 Å². The molecule has 0 heterocycles. The van der Waals surface area contributed by atoms with Crippen LogP contribution >= 0.6 is 0 Å². The van der Waals surface area contributed by atoms with Gasteiger partial charge in [-0.25, -0.2) is 0 Å². The molecule has 0 spiro atoms. The van der Waals surface area contributed by atoms with Gasteiger partial charge in [0.25, 0.3) is 0 Å².